The number of fused-ring (bicyclic) bond motifs is 1. The first-order valence-electron chi connectivity index (χ1n) is 11.5. The van der Waals surface area contributed by atoms with E-state index in [1.807, 2.05) is 48.5 Å². The third kappa shape index (κ3) is 5.69. The maximum atomic E-state index is 12.9. The lowest BCUT2D eigenvalue weighted by atomic mass is 10.1. The van der Waals surface area contributed by atoms with Crippen molar-refractivity contribution in [1.29, 1.82) is 0 Å². The normalized spacial score (nSPS) is 11.8. The molecule has 8 heteroatoms. The standard InChI is InChI=1S/C26H27N3O4S/c1-3-5-15-33-21-12-8-19(9-13-21)17-23-25(31)29-26(34-23)27-24(30)22(28-29)16-18-6-10-20(11-7-18)32-14-4-2/h6-13,17H,3-5,14-16H2,1-2H3. The summed E-state index contributed by atoms with van der Waals surface area (Å²) in [6.07, 6.45) is 5.09. The highest BCUT2D eigenvalue weighted by Crippen LogP contribution is 2.15. The summed E-state index contributed by atoms with van der Waals surface area (Å²) < 4.78 is 13.0. The second-order valence-electron chi connectivity index (χ2n) is 7.91. The van der Waals surface area contributed by atoms with Crippen molar-refractivity contribution in [2.24, 2.45) is 0 Å². The first-order chi connectivity index (χ1) is 16.6. The molecule has 2 aromatic heterocycles. The largest absolute Gasteiger partial charge is 0.494 e. The smallest absolute Gasteiger partial charge is 0.296 e. The Hall–Kier alpha value is -3.52. The molecule has 176 valence electrons. The zero-order chi connectivity index (χ0) is 23.9. The van der Waals surface area contributed by atoms with Gasteiger partial charge < -0.3 is 9.47 Å². The Bertz CT molecular complexity index is 1410. The molecule has 0 aliphatic carbocycles. The first kappa shape index (κ1) is 23.6. The Morgan fingerprint density at radius 1 is 0.912 bits per heavy atom. The molecule has 0 aliphatic heterocycles. The molecular weight excluding hydrogens is 450 g/mol. The highest BCUT2D eigenvalue weighted by Gasteiger charge is 2.12. The van der Waals surface area contributed by atoms with Gasteiger partial charge in [0.2, 0.25) is 4.96 Å². The Morgan fingerprint density at radius 3 is 2.26 bits per heavy atom. The number of hydrogen-bond acceptors (Lipinski definition) is 7. The first-order valence-corrected chi connectivity index (χ1v) is 12.3. The van der Waals surface area contributed by atoms with Crippen molar-refractivity contribution in [2.45, 2.75) is 39.5 Å². The van der Waals surface area contributed by atoms with Crippen LogP contribution < -0.4 is 25.1 Å². The summed E-state index contributed by atoms with van der Waals surface area (Å²) in [6.45, 7) is 5.51. The fraction of sp³-hybridized carbons (Fsp3) is 0.308. The molecule has 0 saturated heterocycles. The van der Waals surface area contributed by atoms with Crippen LogP contribution in [-0.4, -0.2) is 27.8 Å². The van der Waals surface area contributed by atoms with E-state index in [4.69, 9.17) is 9.47 Å². The van der Waals surface area contributed by atoms with Crippen LogP contribution >= 0.6 is 11.3 Å². The van der Waals surface area contributed by atoms with E-state index in [0.29, 0.717) is 17.7 Å². The third-order valence-electron chi connectivity index (χ3n) is 5.16. The van der Waals surface area contributed by atoms with Crippen LogP contribution in [0.5, 0.6) is 11.5 Å². The molecule has 0 aliphatic rings. The molecule has 0 amide bonds. The van der Waals surface area contributed by atoms with Gasteiger partial charge in [-0.15, -0.1) is 0 Å². The van der Waals surface area contributed by atoms with Crippen molar-refractivity contribution in [3.63, 3.8) is 0 Å². The minimum absolute atomic E-state index is 0.231. The van der Waals surface area contributed by atoms with Crippen molar-refractivity contribution < 1.29 is 9.47 Å². The van der Waals surface area contributed by atoms with Crippen LogP contribution in [0.2, 0.25) is 0 Å². The predicted octanol–water partition coefficient (Wildman–Crippen LogP) is 3.62. The van der Waals surface area contributed by atoms with E-state index in [0.717, 1.165) is 53.2 Å². The summed E-state index contributed by atoms with van der Waals surface area (Å²) in [6, 6.07) is 15.1. The van der Waals surface area contributed by atoms with Gasteiger partial charge >= 0.3 is 0 Å². The van der Waals surface area contributed by atoms with Crippen LogP contribution in [0.1, 0.15) is 49.9 Å². The van der Waals surface area contributed by atoms with Crippen molar-refractivity contribution in [3.8, 4) is 11.5 Å². The maximum absolute atomic E-state index is 12.9. The molecule has 4 rings (SSSR count). The zero-order valence-corrected chi connectivity index (χ0v) is 20.1. The minimum atomic E-state index is -0.423. The van der Waals surface area contributed by atoms with Gasteiger partial charge in [-0.2, -0.15) is 14.6 Å². The van der Waals surface area contributed by atoms with Crippen molar-refractivity contribution >= 4 is 22.4 Å². The van der Waals surface area contributed by atoms with E-state index >= 15 is 0 Å². The molecule has 7 nitrogen and oxygen atoms in total. The Balaban J connectivity index is 1.57. The van der Waals surface area contributed by atoms with Crippen molar-refractivity contribution in [1.82, 2.24) is 14.6 Å². The molecule has 0 N–H and O–H groups in total. The number of rotatable bonds is 10. The van der Waals surface area contributed by atoms with Crippen LogP contribution in [0.25, 0.3) is 11.0 Å². The molecule has 0 saturated carbocycles. The van der Waals surface area contributed by atoms with E-state index in [1.165, 1.54) is 4.52 Å². The van der Waals surface area contributed by atoms with Gasteiger partial charge in [0.05, 0.1) is 17.7 Å². The number of unbranched alkanes of at least 4 members (excludes halogenated alkanes) is 1. The molecule has 0 radical (unpaired) electrons. The minimum Gasteiger partial charge on any atom is -0.494 e. The second kappa shape index (κ2) is 11.1. The molecule has 0 unspecified atom stereocenters. The summed E-state index contributed by atoms with van der Waals surface area (Å²) in [5.74, 6) is 1.58. The van der Waals surface area contributed by atoms with Crippen LogP contribution in [0, 0.1) is 0 Å². The Kier molecular flexibility index (Phi) is 7.69. The Morgan fingerprint density at radius 2 is 1.59 bits per heavy atom. The number of thiazole rings is 1. The fourth-order valence-corrected chi connectivity index (χ4v) is 4.22. The van der Waals surface area contributed by atoms with Crippen LogP contribution in [-0.2, 0) is 6.42 Å². The summed E-state index contributed by atoms with van der Waals surface area (Å²) in [5, 5.41) is 4.33. The van der Waals surface area contributed by atoms with E-state index < -0.39 is 5.56 Å². The summed E-state index contributed by atoms with van der Waals surface area (Å²) in [7, 11) is 0. The molecule has 34 heavy (non-hydrogen) atoms. The number of aromatic nitrogens is 3. The molecule has 2 heterocycles. The van der Waals surface area contributed by atoms with E-state index in [2.05, 4.69) is 23.9 Å². The van der Waals surface area contributed by atoms with Crippen molar-refractivity contribution in [2.75, 3.05) is 13.2 Å². The SMILES string of the molecule is CCCCOc1ccc(C=c2sc3nc(=O)c(Cc4ccc(OCCC)cc4)nn3c2=O)cc1. The lowest BCUT2D eigenvalue weighted by Crippen LogP contribution is -2.28. The Labute approximate surface area is 201 Å². The molecule has 0 fully saturated rings. The lowest BCUT2D eigenvalue weighted by molar-refractivity contribution is 0.309. The van der Waals surface area contributed by atoms with Gasteiger partial charge in [0.15, 0.2) is 0 Å². The van der Waals surface area contributed by atoms with Crippen LogP contribution in [0.3, 0.4) is 0 Å². The fourth-order valence-electron chi connectivity index (χ4n) is 3.31. The van der Waals surface area contributed by atoms with Crippen molar-refractivity contribution in [3.05, 3.63) is 90.6 Å². The monoisotopic (exact) mass is 477 g/mol. The predicted molar refractivity (Wildman–Crippen MR) is 134 cm³/mol. The average molecular weight is 478 g/mol. The maximum Gasteiger partial charge on any atom is 0.296 e. The van der Waals surface area contributed by atoms with Gasteiger partial charge in [0, 0.05) is 6.42 Å². The van der Waals surface area contributed by atoms with Gasteiger partial charge in [-0.1, -0.05) is 55.9 Å². The van der Waals surface area contributed by atoms with E-state index in [1.54, 1.807) is 6.08 Å². The summed E-state index contributed by atoms with van der Waals surface area (Å²) in [5.41, 5.74) is 1.27. The van der Waals surface area contributed by atoms with Gasteiger partial charge in [0.1, 0.15) is 17.2 Å². The number of benzene rings is 2. The highest BCUT2D eigenvalue weighted by atomic mass is 32.1. The second-order valence-corrected chi connectivity index (χ2v) is 8.92. The van der Waals surface area contributed by atoms with Gasteiger partial charge in [-0.05, 0) is 54.3 Å². The van der Waals surface area contributed by atoms with Crippen LogP contribution in [0.15, 0.2) is 58.1 Å². The molecular formula is C26H27N3O4S. The topological polar surface area (TPSA) is 82.8 Å². The highest BCUT2D eigenvalue weighted by molar-refractivity contribution is 7.15. The van der Waals surface area contributed by atoms with E-state index in [-0.39, 0.29) is 22.6 Å². The average Bonchev–Trinajstić information content (AvgIpc) is 3.14. The third-order valence-corrected chi connectivity index (χ3v) is 6.12. The van der Waals surface area contributed by atoms with Gasteiger partial charge in [-0.25, -0.2) is 0 Å². The number of nitrogens with zero attached hydrogens (tertiary/aromatic N) is 3. The number of ether oxygens (including phenoxy) is 2. The lowest BCUT2D eigenvalue weighted by Gasteiger charge is -2.05. The molecule has 0 spiro atoms. The zero-order valence-electron chi connectivity index (χ0n) is 19.3. The summed E-state index contributed by atoms with van der Waals surface area (Å²) in [4.78, 5) is 29.9. The molecule has 4 aromatic rings. The van der Waals surface area contributed by atoms with Gasteiger partial charge in [0.25, 0.3) is 11.1 Å². The molecule has 0 bridgehead atoms. The van der Waals surface area contributed by atoms with Crippen LogP contribution in [0.4, 0.5) is 0 Å². The summed E-state index contributed by atoms with van der Waals surface area (Å²) >= 11 is 1.15. The molecule has 0 atom stereocenters. The van der Waals surface area contributed by atoms with E-state index in [9.17, 15) is 9.59 Å². The molecule has 2 aromatic carbocycles. The van der Waals surface area contributed by atoms with Gasteiger partial charge in [-0.3, -0.25) is 9.59 Å². The quantitative estimate of drug-likeness (QED) is 0.325. The number of hydrogen-bond donors (Lipinski definition) is 0.